The van der Waals surface area contributed by atoms with Gasteiger partial charge in [0, 0.05) is 12.8 Å². The molecule has 0 spiro atoms. The molecule has 6 nitrogen and oxygen atoms in total. The van der Waals surface area contributed by atoms with Crippen molar-refractivity contribution in [3.63, 3.8) is 0 Å². The van der Waals surface area contributed by atoms with Gasteiger partial charge in [0.15, 0.2) is 0 Å². The highest BCUT2D eigenvalue weighted by Crippen LogP contribution is 2.16. The Hall–Kier alpha value is -2.18. The zero-order valence-corrected chi connectivity index (χ0v) is 38.4. The van der Waals surface area contributed by atoms with E-state index in [9.17, 15) is 19.8 Å². The molecule has 0 heterocycles. The number of carbonyl (C=O) groups excluding carboxylic acids is 2. The molecule has 0 saturated heterocycles. The average Bonchev–Trinajstić information content (AvgIpc) is 3.22. The van der Waals surface area contributed by atoms with Crippen molar-refractivity contribution >= 4 is 11.9 Å². The summed E-state index contributed by atoms with van der Waals surface area (Å²) < 4.78 is 5.85. The van der Waals surface area contributed by atoms with Crippen molar-refractivity contribution in [2.24, 2.45) is 0 Å². The number of hydrogen-bond acceptors (Lipinski definition) is 5. The molecule has 1 amide bonds. The Bertz CT molecular complexity index is 1000. The average molecular weight is 814 g/mol. The molecule has 0 aromatic rings. The maximum absolute atomic E-state index is 13.1. The van der Waals surface area contributed by atoms with Crippen molar-refractivity contribution in [3.8, 4) is 0 Å². The van der Waals surface area contributed by atoms with E-state index >= 15 is 0 Å². The number of nitrogens with one attached hydrogen (secondary N) is 1. The summed E-state index contributed by atoms with van der Waals surface area (Å²) in [6.45, 7) is 6.42. The number of aliphatic hydroxyl groups is 2. The number of rotatable bonds is 44. The molecule has 0 aliphatic rings. The van der Waals surface area contributed by atoms with E-state index in [-0.39, 0.29) is 24.9 Å². The standard InChI is InChI=1S/C52H95NO5/c1-4-7-10-13-16-19-22-24-25-27-29-31-34-37-40-43-48(58-52(57)45-42-39-36-33-28-21-18-15-12-9-6-3)46-51(56)53-49(47-54)50(55)44-41-38-35-32-30-26-23-20-17-14-11-8-5-2/h16,19,24-25,29,31,37,40,48-50,54-55H,4-15,17-18,20-23,26-28,30,32-36,38-39,41-47H2,1-3H3,(H,53,56)/b19-16-,25-24-,31-29-,40-37-. The molecule has 0 aliphatic heterocycles. The normalized spacial score (nSPS) is 13.7. The molecule has 3 atom stereocenters. The first kappa shape index (κ1) is 55.8. The van der Waals surface area contributed by atoms with Crippen molar-refractivity contribution in [2.75, 3.05) is 6.61 Å². The smallest absolute Gasteiger partial charge is 0.306 e. The zero-order chi connectivity index (χ0) is 42.4. The summed E-state index contributed by atoms with van der Waals surface area (Å²) in [6.07, 6.45) is 54.7. The molecule has 0 aromatic heterocycles. The lowest BCUT2D eigenvalue weighted by Crippen LogP contribution is -2.46. The number of hydrogen-bond donors (Lipinski definition) is 3. The van der Waals surface area contributed by atoms with E-state index in [0.29, 0.717) is 19.3 Å². The second kappa shape index (κ2) is 45.9. The predicted octanol–water partition coefficient (Wildman–Crippen LogP) is 14.7. The number of aliphatic hydroxyl groups excluding tert-OH is 2. The lowest BCUT2D eigenvalue weighted by Gasteiger charge is -2.24. The minimum atomic E-state index is -0.808. The van der Waals surface area contributed by atoms with Crippen molar-refractivity contribution in [3.05, 3.63) is 48.6 Å². The monoisotopic (exact) mass is 814 g/mol. The van der Waals surface area contributed by atoms with Gasteiger partial charge in [-0.2, -0.15) is 0 Å². The van der Waals surface area contributed by atoms with Gasteiger partial charge in [-0.15, -0.1) is 0 Å². The second-order valence-electron chi connectivity index (χ2n) is 16.9. The van der Waals surface area contributed by atoms with Crippen LogP contribution in [0.5, 0.6) is 0 Å². The maximum atomic E-state index is 13.1. The van der Waals surface area contributed by atoms with E-state index in [1.165, 1.54) is 141 Å². The first-order valence-electron chi connectivity index (χ1n) is 24.9. The van der Waals surface area contributed by atoms with E-state index in [2.05, 4.69) is 68.6 Å². The van der Waals surface area contributed by atoms with Crippen molar-refractivity contribution in [2.45, 2.75) is 264 Å². The van der Waals surface area contributed by atoms with Crippen LogP contribution in [0.25, 0.3) is 0 Å². The van der Waals surface area contributed by atoms with E-state index in [1.807, 2.05) is 6.08 Å². The molecule has 0 radical (unpaired) electrons. The van der Waals surface area contributed by atoms with Gasteiger partial charge in [-0.3, -0.25) is 9.59 Å². The predicted molar refractivity (Wildman–Crippen MR) is 250 cm³/mol. The van der Waals surface area contributed by atoms with Crippen LogP contribution >= 0.6 is 0 Å². The van der Waals surface area contributed by atoms with Gasteiger partial charge in [0.05, 0.1) is 25.2 Å². The van der Waals surface area contributed by atoms with Gasteiger partial charge >= 0.3 is 5.97 Å². The first-order chi connectivity index (χ1) is 28.5. The third-order valence-electron chi connectivity index (χ3n) is 11.2. The van der Waals surface area contributed by atoms with Crippen LogP contribution in [0.15, 0.2) is 48.6 Å². The van der Waals surface area contributed by atoms with Crippen LogP contribution in [0.2, 0.25) is 0 Å². The first-order valence-corrected chi connectivity index (χ1v) is 24.9. The molecule has 0 aromatic carbocycles. The quantitative estimate of drug-likeness (QED) is 0.0323. The lowest BCUT2D eigenvalue weighted by atomic mass is 10.0. The lowest BCUT2D eigenvalue weighted by molar-refractivity contribution is -0.150. The molecule has 0 rings (SSSR count). The van der Waals surface area contributed by atoms with Gasteiger partial charge in [-0.1, -0.05) is 230 Å². The van der Waals surface area contributed by atoms with Crippen molar-refractivity contribution < 1.29 is 24.5 Å². The summed E-state index contributed by atoms with van der Waals surface area (Å²) >= 11 is 0. The molecule has 3 unspecified atom stereocenters. The molecule has 0 fully saturated rings. The van der Waals surface area contributed by atoms with Gasteiger partial charge in [-0.25, -0.2) is 0 Å². The summed E-state index contributed by atoms with van der Waals surface area (Å²) in [5.74, 6) is -0.572. The van der Waals surface area contributed by atoms with Gasteiger partial charge in [0.1, 0.15) is 6.10 Å². The molecule has 6 heteroatoms. The Morgan fingerprint density at radius 3 is 1.38 bits per heavy atom. The Morgan fingerprint density at radius 2 is 0.914 bits per heavy atom. The van der Waals surface area contributed by atoms with Crippen LogP contribution in [0.1, 0.15) is 245 Å². The van der Waals surface area contributed by atoms with Crippen LogP contribution < -0.4 is 5.32 Å². The maximum Gasteiger partial charge on any atom is 0.306 e. The third kappa shape index (κ3) is 40.6. The summed E-state index contributed by atoms with van der Waals surface area (Å²) in [4.78, 5) is 26.0. The van der Waals surface area contributed by atoms with Crippen molar-refractivity contribution in [1.29, 1.82) is 0 Å². The fourth-order valence-electron chi connectivity index (χ4n) is 7.35. The molecule has 3 N–H and O–H groups in total. The SMILES string of the molecule is CCCCC/C=C\C/C=C\C/C=C\C/C=C\CC(CC(=O)NC(CO)C(O)CCCCCCCCCCCCCCC)OC(=O)CCCCCCCCCCCCC. The highest BCUT2D eigenvalue weighted by Gasteiger charge is 2.23. The highest BCUT2D eigenvalue weighted by molar-refractivity contribution is 5.77. The third-order valence-corrected chi connectivity index (χ3v) is 11.2. The Balaban J connectivity index is 4.71. The van der Waals surface area contributed by atoms with Gasteiger partial charge < -0.3 is 20.3 Å². The number of carbonyl (C=O) groups is 2. The molecule has 338 valence electrons. The number of unbranched alkanes of at least 4 members (excludes halogenated alkanes) is 25. The second-order valence-corrected chi connectivity index (χ2v) is 16.9. The van der Waals surface area contributed by atoms with Crippen LogP contribution in [0.4, 0.5) is 0 Å². The Kier molecular flexibility index (Phi) is 44.2. The summed E-state index contributed by atoms with van der Waals surface area (Å²) in [6, 6.07) is -0.728. The van der Waals surface area contributed by atoms with Gasteiger partial charge in [0.2, 0.25) is 5.91 Å². The van der Waals surface area contributed by atoms with Crippen LogP contribution in [-0.4, -0.2) is 46.9 Å². The topological polar surface area (TPSA) is 95.9 Å². The van der Waals surface area contributed by atoms with E-state index in [0.717, 1.165) is 57.8 Å². The van der Waals surface area contributed by atoms with Crippen molar-refractivity contribution in [1.82, 2.24) is 5.32 Å². The van der Waals surface area contributed by atoms with Crippen LogP contribution in [-0.2, 0) is 14.3 Å². The fraction of sp³-hybridized carbons (Fsp3) is 0.808. The molecule has 0 bridgehead atoms. The van der Waals surface area contributed by atoms with E-state index in [1.54, 1.807) is 0 Å². The number of allylic oxidation sites excluding steroid dienone is 7. The molecule has 58 heavy (non-hydrogen) atoms. The number of ether oxygens (including phenoxy) is 1. The van der Waals surface area contributed by atoms with Crippen LogP contribution in [0.3, 0.4) is 0 Å². The zero-order valence-electron chi connectivity index (χ0n) is 38.4. The Labute approximate surface area is 359 Å². The van der Waals surface area contributed by atoms with E-state index in [4.69, 9.17) is 4.74 Å². The van der Waals surface area contributed by atoms with Gasteiger partial charge in [0.25, 0.3) is 0 Å². The summed E-state index contributed by atoms with van der Waals surface area (Å²) in [5, 5.41) is 23.7. The minimum absolute atomic E-state index is 0.00395. The number of esters is 1. The fourth-order valence-corrected chi connectivity index (χ4v) is 7.35. The largest absolute Gasteiger partial charge is 0.461 e. The molecule has 0 aliphatic carbocycles. The Morgan fingerprint density at radius 1 is 0.517 bits per heavy atom. The summed E-state index contributed by atoms with van der Waals surface area (Å²) in [7, 11) is 0. The van der Waals surface area contributed by atoms with Crippen LogP contribution in [0, 0.1) is 0 Å². The number of amides is 1. The van der Waals surface area contributed by atoms with Gasteiger partial charge in [-0.05, 0) is 44.9 Å². The molecular formula is C52H95NO5. The van der Waals surface area contributed by atoms with E-state index < -0.39 is 18.2 Å². The molecular weight excluding hydrogens is 719 g/mol. The molecule has 0 saturated carbocycles. The highest BCUT2D eigenvalue weighted by atomic mass is 16.5. The minimum Gasteiger partial charge on any atom is -0.461 e. The summed E-state index contributed by atoms with van der Waals surface area (Å²) in [5.41, 5.74) is 0.